The molecule has 1 fully saturated rings. The monoisotopic (exact) mass is 452 g/mol. The average molecular weight is 453 g/mol. The lowest BCUT2D eigenvalue weighted by Crippen LogP contribution is -2.42. The van der Waals surface area contributed by atoms with E-state index in [0.717, 1.165) is 0 Å². The van der Waals surface area contributed by atoms with Gasteiger partial charge in [-0.3, -0.25) is 14.4 Å². The van der Waals surface area contributed by atoms with Crippen LogP contribution in [0.5, 0.6) is 0 Å². The van der Waals surface area contributed by atoms with Crippen molar-refractivity contribution in [1.82, 2.24) is 4.90 Å². The summed E-state index contributed by atoms with van der Waals surface area (Å²) >= 11 is 0. The van der Waals surface area contributed by atoms with Gasteiger partial charge in [-0.05, 0) is 44.0 Å². The first kappa shape index (κ1) is 24.0. The topological polar surface area (TPSA) is 93.2 Å². The number of nitrogens with zero attached hydrogens (tertiary/aromatic N) is 2. The van der Waals surface area contributed by atoms with E-state index in [9.17, 15) is 19.2 Å². The van der Waals surface area contributed by atoms with Crippen molar-refractivity contribution in [3.8, 4) is 0 Å². The van der Waals surface area contributed by atoms with E-state index in [2.05, 4.69) is 0 Å². The number of piperidine rings is 1. The maximum atomic E-state index is 13.0. The minimum atomic E-state index is -0.741. The van der Waals surface area contributed by atoms with Gasteiger partial charge in [-0.25, -0.2) is 4.79 Å². The smallest absolute Gasteiger partial charge is 0.339 e. The molecule has 0 radical (unpaired) electrons. The predicted octanol–water partition coefficient (Wildman–Crippen LogP) is 2.92. The molecule has 3 rings (SSSR count). The third-order valence-electron chi connectivity index (χ3n) is 5.62. The third-order valence-corrected chi connectivity index (χ3v) is 5.62. The minimum absolute atomic E-state index is 0.0964. The number of anilines is 1. The molecule has 0 bridgehead atoms. The maximum Gasteiger partial charge on any atom is 0.339 e. The molecular weight excluding hydrogens is 424 g/mol. The highest BCUT2D eigenvalue weighted by Crippen LogP contribution is 2.20. The lowest BCUT2D eigenvalue weighted by atomic mass is 9.97. The van der Waals surface area contributed by atoms with Crippen molar-refractivity contribution in [2.75, 3.05) is 38.3 Å². The summed E-state index contributed by atoms with van der Waals surface area (Å²) in [5.41, 5.74) is 0.975. The number of amides is 2. The van der Waals surface area contributed by atoms with E-state index in [4.69, 9.17) is 9.47 Å². The third kappa shape index (κ3) is 5.97. The molecule has 0 atom stereocenters. The van der Waals surface area contributed by atoms with Crippen molar-refractivity contribution in [2.24, 2.45) is 5.92 Å². The van der Waals surface area contributed by atoms with E-state index < -0.39 is 12.6 Å². The van der Waals surface area contributed by atoms with Crippen molar-refractivity contribution in [3.05, 3.63) is 65.7 Å². The summed E-state index contributed by atoms with van der Waals surface area (Å²) in [6, 6.07) is 15.4. The van der Waals surface area contributed by atoms with Crippen LogP contribution in [0.15, 0.2) is 54.6 Å². The molecule has 0 spiro atoms. The number of esters is 2. The maximum absolute atomic E-state index is 13.0. The highest BCUT2D eigenvalue weighted by atomic mass is 16.5. The summed E-state index contributed by atoms with van der Waals surface area (Å²) in [6.07, 6.45) is 1.03. The second-order valence-corrected chi connectivity index (χ2v) is 7.73. The Bertz CT molecular complexity index is 999. The summed E-state index contributed by atoms with van der Waals surface area (Å²) < 4.78 is 10.3. The fraction of sp³-hybridized carbons (Fsp3) is 0.360. The number of carbonyl (C=O) groups excluding carboxylic acids is 4. The molecule has 0 saturated carbocycles. The molecule has 0 aliphatic carbocycles. The zero-order valence-corrected chi connectivity index (χ0v) is 18.9. The molecule has 1 saturated heterocycles. The molecule has 0 unspecified atom stereocenters. The van der Waals surface area contributed by atoms with Gasteiger partial charge in [-0.15, -0.1) is 0 Å². The standard InChI is InChI=1S/C25H28N2O6/c1-3-32-24(30)18-13-15-27(16-14-18)22(28)17-33-25(31)21-12-8-7-11-20(21)23(29)26(2)19-9-5-4-6-10-19/h4-12,18H,3,13-17H2,1-2H3. The number of ether oxygens (including phenoxy) is 2. The molecular formula is C25H28N2O6. The average Bonchev–Trinajstić information content (AvgIpc) is 2.87. The number of benzene rings is 2. The molecule has 1 aliphatic heterocycles. The SMILES string of the molecule is CCOC(=O)C1CCN(C(=O)COC(=O)c2ccccc2C(=O)N(C)c2ccccc2)CC1. The molecule has 174 valence electrons. The van der Waals surface area contributed by atoms with Crippen LogP contribution in [0.4, 0.5) is 5.69 Å². The van der Waals surface area contributed by atoms with E-state index in [1.54, 1.807) is 49.2 Å². The first-order chi connectivity index (χ1) is 15.9. The molecule has 0 N–H and O–H groups in total. The first-order valence-corrected chi connectivity index (χ1v) is 11.0. The van der Waals surface area contributed by atoms with Crippen LogP contribution in [0.2, 0.25) is 0 Å². The van der Waals surface area contributed by atoms with E-state index in [1.165, 1.54) is 11.0 Å². The van der Waals surface area contributed by atoms with E-state index in [0.29, 0.717) is 38.2 Å². The number of hydrogen-bond donors (Lipinski definition) is 0. The highest BCUT2D eigenvalue weighted by Gasteiger charge is 2.29. The Morgan fingerprint density at radius 3 is 2.15 bits per heavy atom. The van der Waals surface area contributed by atoms with Crippen molar-refractivity contribution in [1.29, 1.82) is 0 Å². The molecule has 8 heteroatoms. The van der Waals surface area contributed by atoms with E-state index >= 15 is 0 Å². The number of likely N-dealkylation sites (tertiary alicyclic amines) is 1. The molecule has 33 heavy (non-hydrogen) atoms. The molecule has 1 aliphatic rings. The number of para-hydroxylation sites is 1. The van der Waals surface area contributed by atoms with E-state index in [1.807, 2.05) is 18.2 Å². The lowest BCUT2D eigenvalue weighted by molar-refractivity contribution is -0.151. The van der Waals surface area contributed by atoms with E-state index in [-0.39, 0.29) is 34.8 Å². The summed E-state index contributed by atoms with van der Waals surface area (Å²) in [6.45, 7) is 2.46. The van der Waals surface area contributed by atoms with Crippen molar-refractivity contribution in [2.45, 2.75) is 19.8 Å². The Morgan fingerprint density at radius 1 is 0.909 bits per heavy atom. The quantitative estimate of drug-likeness (QED) is 0.600. The molecule has 2 aromatic rings. The number of hydrogen-bond acceptors (Lipinski definition) is 6. The van der Waals surface area contributed by atoms with Crippen LogP contribution in [0, 0.1) is 5.92 Å². The van der Waals surface area contributed by atoms with Gasteiger partial charge >= 0.3 is 11.9 Å². The Hall–Kier alpha value is -3.68. The van der Waals surface area contributed by atoms with Crippen molar-refractivity contribution in [3.63, 3.8) is 0 Å². The van der Waals surface area contributed by atoms with Crippen LogP contribution in [0.3, 0.4) is 0 Å². The van der Waals surface area contributed by atoms with Crippen LogP contribution >= 0.6 is 0 Å². The fourth-order valence-corrected chi connectivity index (χ4v) is 3.72. The molecule has 8 nitrogen and oxygen atoms in total. The second-order valence-electron chi connectivity index (χ2n) is 7.73. The Kier molecular flexibility index (Phi) is 8.18. The van der Waals surface area contributed by atoms with Crippen LogP contribution in [0.25, 0.3) is 0 Å². The van der Waals surface area contributed by atoms with Crippen LogP contribution < -0.4 is 4.90 Å². The highest BCUT2D eigenvalue weighted by molar-refractivity contribution is 6.12. The van der Waals surface area contributed by atoms with Gasteiger partial charge in [0.05, 0.1) is 23.7 Å². The molecule has 1 heterocycles. The number of carbonyl (C=O) groups is 4. The summed E-state index contributed by atoms with van der Waals surface area (Å²) in [5, 5.41) is 0. The van der Waals surface area contributed by atoms with Crippen molar-refractivity contribution >= 4 is 29.4 Å². The first-order valence-electron chi connectivity index (χ1n) is 11.0. The van der Waals surface area contributed by atoms with Gasteiger partial charge in [0.15, 0.2) is 6.61 Å². The second kappa shape index (κ2) is 11.3. The van der Waals surface area contributed by atoms with Gasteiger partial charge in [0, 0.05) is 25.8 Å². The van der Waals surface area contributed by atoms with Gasteiger partial charge in [-0.2, -0.15) is 0 Å². The van der Waals surface area contributed by atoms with Gasteiger partial charge < -0.3 is 19.3 Å². The summed E-state index contributed by atoms with van der Waals surface area (Å²) in [5.74, 6) is -1.89. The molecule has 0 aromatic heterocycles. The zero-order chi connectivity index (χ0) is 23.8. The molecule has 2 aromatic carbocycles. The Morgan fingerprint density at radius 2 is 1.52 bits per heavy atom. The van der Waals surface area contributed by atoms with Crippen LogP contribution in [-0.4, -0.2) is 62.0 Å². The number of rotatable bonds is 7. The minimum Gasteiger partial charge on any atom is -0.466 e. The van der Waals surface area contributed by atoms with Gasteiger partial charge in [0.2, 0.25) is 0 Å². The zero-order valence-electron chi connectivity index (χ0n) is 18.9. The Labute approximate surface area is 193 Å². The van der Waals surface area contributed by atoms with Gasteiger partial charge in [0.1, 0.15) is 0 Å². The normalized spacial score (nSPS) is 13.8. The van der Waals surface area contributed by atoms with Gasteiger partial charge in [0.25, 0.3) is 11.8 Å². The lowest BCUT2D eigenvalue weighted by Gasteiger charge is -2.30. The van der Waals surface area contributed by atoms with Crippen LogP contribution in [-0.2, 0) is 19.1 Å². The predicted molar refractivity (Wildman–Crippen MR) is 122 cm³/mol. The van der Waals surface area contributed by atoms with Crippen LogP contribution in [0.1, 0.15) is 40.5 Å². The molecule has 2 amide bonds. The fourth-order valence-electron chi connectivity index (χ4n) is 3.72. The largest absolute Gasteiger partial charge is 0.466 e. The summed E-state index contributed by atoms with van der Waals surface area (Å²) in [4.78, 5) is 53.1. The Balaban J connectivity index is 1.59. The van der Waals surface area contributed by atoms with Gasteiger partial charge in [-0.1, -0.05) is 30.3 Å². The summed E-state index contributed by atoms with van der Waals surface area (Å²) in [7, 11) is 1.63. The van der Waals surface area contributed by atoms with Crippen molar-refractivity contribution < 1.29 is 28.7 Å².